The highest BCUT2D eigenvalue weighted by Crippen LogP contribution is 2.35. The van der Waals surface area contributed by atoms with E-state index in [-0.39, 0.29) is 16.4 Å². The van der Waals surface area contributed by atoms with E-state index in [2.05, 4.69) is 9.97 Å². The molecule has 0 spiro atoms. The fourth-order valence-electron chi connectivity index (χ4n) is 1.65. The minimum absolute atomic E-state index is 0.130. The maximum atomic E-state index is 12.7. The van der Waals surface area contributed by atoms with Crippen LogP contribution in [0.2, 0.25) is 0 Å². The fourth-order valence-corrected chi connectivity index (χ4v) is 1.65. The molecule has 92 valence electrons. The van der Waals surface area contributed by atoms with Gasteiger partial charge in [0.2, 0.25) is 0 Å². The van der Waals surface area contributed by atoms with Gasteiger partial charge in [0.1, 0.15) is 5.65 Å². The topological polar surface area (TPSA) is 28.7 Å². The van der Waals surface area contributed by atoms with E-state index in [4.69, 9.17) is 0 Å². The molecule has 0 unspecified atom stereocenters. The molecular formula is C12H13F3N2. The first-order valence-electron chi connectivity index (χ1n) is 5.24. The number of nitrogens with one attached hydrogen (secondary N) is 1. The maximum Gasteiger partial charge on any atom is 0.418 e. The lowest BCUT2D eigenvalue weighted by molar-refractivity contribution is -0.136. The van der Waals surface area contributed by atoms with Gasteiger partial charge >= 0.3 is 6.18 Å². The Labute approximate surface area is 96.9 Å². The van der Waals surface area contributed by atoms with Crippen molar-refractivity contribution in [2.75, 3.05) is 0 Å². The molecule has 0 saturated heterocycles. The molecule has 0 aromatic carbocycles. The van der Waals surface area contributed by atoms with Crippen LogP contribution in [0.5, 0.6) is 0 Å². The summed E-state index contributed by atoms with van der Waals surface area (Å²) >= 11 is 0. The van der Waals surface area contributed by atoms with E-state index in [1.54, 1.807) is 12.3 Å². The number of aromatic amines is 1. The normalized spacial score (nSPS) is 13.3. The highest BCUT2D eigenvalue weighted by Gasteiger charge is 2.34. The van der Waals surface area contributed by atoms with Crippen molar-refractivity contribution in [2.24, 2.45) is 0 Å². The van der Waals surface area contributed by atoms with Gasteiger partial charge in [-0.05, 0) is 17.0 Å². The van der Waals surface area contributed by atoms with E-state index < -0.39 is 11.7 Å². The Morgan fingerprint density at radius 3 is 2.35 bits per heavy atom. The number of rotatable bonds is 0. The Hall–Kier alpha value is -1.52. The highest BCUT2D eigenvalue weighted by molar-refractivity contribution is 5.81. The lowest BCUT2D eigenvalue weighted by Gasteiger charge is -2.18. The van der Waals surface area contributed by atoms with Crippen LogP contribution >= 0.6 is 0 Å². The third-order valence-corrected chi connectivity index (χ3v) is 2.70. The van der Waals surface area contributed by atoms with Crippen LogP contribution in [0.1, 0.15) is 31.9 Å². The van der Waals surface area contributed by atoms with Crippen LogP contribution in [0.3, 0.4) is 0 Å². The van der Waals surface area contributed by atoms with Crippen molar-refractivity contribution in [2.45, 2.75) is 32.4 Å². The molecule has 0 radical (unpaired) electrons. The average molecular weight is 242 g/mol. The van der Waals surface area contributed by atoms with E-state index in [1.807, 2.05) is 20.8 Å². The van der Waals surface area contributed by atoms with Crippen molar-refractivity contribution < 1.29 is 13.2 Å². The Morgan fingerprint density at radius 2 is 1.82 bits per heavy atom. The zero-order chi connectivity index (χ0) is 12.8. The van der Waals surface area contributed by atoms with E-state index in [0.717, 1.165) is 11.8 Å². The molecule has 2 heterocycles. The lowest BCUT2D eigenvalue weighted by Crippen LogP contribution is -2.11. The van der Waals surface area contributed by atoms with E-state index in [0.29, 0.717) is 0 Å². The summed E-state index contributed by atoms with van der Waals surface area (Å²) in [4.78, 5) is 6.57. The average Bonchev–Trinajstić information content (AvgIpc) is 2.57. The van der Waals surface area contributed by atoms with Crippen LogP contribution < -0.4 is 0 Å². The summed E-state index contributed by atoms with van der Waals surface area (Å²) in [5.41, 5.74) is 0.174. The second kappa shape index (κ2) is 3.48. The van der Waals surface area contributed by atoms with Gasteiger partial charge in [0.15, 0.2) is 0 Å². The zero-order valence-electron chi connectivity index (χ0n) is 9.81. The van der Waals surface area contributed by atoms with Crippen LogP contribution in [0.25, 0.3) is 11.0 Å². The number of halogens is 3. The summed E-state index contributed by atoms with van der Waals surface area (Å²) in [5, 5.41) is 0.130. The smallest absolute Gasteiger partial charge is 0.346 e. The fraction of sp³-hybridized carbons (Fsp3) is 0.417. The number of hydrogen-bond acceptors (Lipinski definition) is 1. The molecule has 2 nitrogen and oxygen atoms in total. The molecule has 0 saturated carbocycles. The molecule has 2 aromatic heterocycles. The van der Waals surface area contributed by atoms with Crippen LogP contribution in [-0.2, 0) is 11.6 Å². The van der Waals surface area contributed by atoms with Gasteiger partial charge in [-0.25, -0.2) is 4.98 Å². The minimum atomic E-state index is -4.35. The molecule has 5 heteroatoms. The number of H-pyrrole nitrogens is 1. The molecule has 0 amide bonds. The first-order valence-corrected chi connectivity index (χ1v) is 5.24. The molecule has 17 heavy (non-hydrogen) atoms. The number of pyridine rings is 1. The number of nitrogens with zero attached hydrogens (tertiary/aromatic N) is 1. The summed E-state index contributed by atoms with van der Waals surface area (Å²) in [7, 11) is 0. The van der Waals surface area contributed by atoms with Crippen molar-refractivity contribution in [1.29, 1.82) is 0 Å². The Kier molecular flexibility index (Phi) is 2.45. The van der Waals surface area contributed by atoms with Gasteiger partial charge in [-0.3, -0.25) is 0 Å². The van der Waals surface area contributed by atoms with Crippen molar-refractivity contribution in [3.63, 3.8) is 0 Å². The summed E-state index contributed by atoms with van der Waals surface area (Å²) in [6.45, 7) is 5.82. The van der Waals surface area contributed by atoms with Gasteiger partial charge in [-0.2, -0.15) is 13.2 Å². The van der Waals surface area contributed by atoms with Gasteiger partial charge in [-0.1, -0.05) is 20.8 Å². The van der Waals surface area contributed by atoms with Crippen LogP contribution in [0.15, 0.2) is 18.5 Å². The summed E-state index contributed by atoms with van der Waals surface area (Å²) < 4.78 is 38.2. The van der Waals surface area contributed by atoms with Gasteiger partial charge in [0.05, 0.1) is 5.56 Å². The molecule has 0 aliphatic heterocycles. The van der Waals surface area contributed by atoms with E-state index >= 15 is 0 Å². The largest absolute Gasteiger partial charge is 0.418 e. The SMILES string of the molecule is CC(C)(C)c1cnc2[nH]cc(C(F)(F)F)c2c1. The monoisotopic (exact) mass is 242 g/mol. The van der Waals surface area contributed by atoms with Gasteiger partial charge < -0.3 is 4.98 Å². The zero-order valence-corrected chi connectivity index (χ0v) is 9.81. The molecule has 2 rings (SSSR count). The molecule has 0 fully saturated rings. The van der Waals surface area contributed by atoms with Crippen molar-refractivity contribution >= 4 is 11.0 Å². The van der Waals surface area contributed by atoms with E-state index in [9.17, 15) is 13.2 Å². The Bertz CT molecular complexity index is 547. The molecule has 0 atom stereocenters. The first kappa shape index (κ1) is 12.0. The van der Waals surface area contributed by atoms with Crippen LogP contribution in [-0.4, -0.2) is 9.97 Å². The van der Waals surface area contributed by atoms with Crippen LogP contribution in [0, 0.1) is 0 Å². The number of fused-ring (bicyclic) bond motifs is 1. The van der Waals surface area contributed by atoms with E-state index in [1.165, 1.54) is 0 Å². The summed E-state index contributed by atoms with van der Waals surface area (Å²) in [6.07, 6.45) is -1.78. The Balaban J connectivity index is 2.67. The predicted octanol–water partition coefficient (Wildman–Crippen LogP) is 3.88. The quantitative estimate of drug-likeness (QED) is 0.746. The molecule has 0 aliphatic carbocycles. The third kappa shape index (κ3) is 2.14. The third-order valence-electron chi connectivity index (χ3n) is 2.70. The number of aromatic nitrogens is 2. The van der Waals surface area contributed by atoms with Gasteiger partial charge in [0, 0.05) is 17.8 Å². The molecular weight excluding hydrogens is 229 g/mol. The predicted molar refractivity (Wildman–Crippen MR) is 59.8 cm³/mol. The van der Waals surface area contributed by atoms with Gasteiger partial charge in [-0.15, -0.1) is 0 Å². The number of hydrogen-bond donors (Lipinski definition) is 1. The van der Waals surface area contributed by atoms with Crippen LogP contribution in [0.4, 0.5) is 13.2 Å². The second-order valence-electron chi connectivity index (χ2n) is 5.07. The van der Waals surface area contributed by atoms with Crippen molar-refractivity contribution in [3.8, 4) is 0 Å². The minimum Gasteiger partial charge on any atom is -0.346 e. The van der Waals surface area contributed by atoms with Crippen molar-refractivity contribution in [1.82, 2.24) is 9.97 Å². The maximum absolute atomic E-state index is 12.7. The molecule has 0 aliphatic rings. The summed E-state index contributed by atoms with van der Waals surface area (Å²) in [5.74, 6) is 0. The number of alkyl halides is 3. The standard InChI is InChI=1S/C12H13F3N2/c1-11(2,3)7-4-8-9(12(13,14)15)6-17-10(8)16-5-7/h4-6H,1-3H3,(H,16,17). The molecule has 0 bridgehead atoms. The Morgan fingerprint density at radius 1 is 1.18 bits per heavy atom. The van der Waals surface area contributed by atoms with Crippen molar-refractivity contribution in [3.05, 3.63) is 29.6 Å². The summed E-state index contributed by atoms with van der Waals surface area (Å²) in [6, 6.07) is 1.56. The molecule has 2 aromatic rings. The lowest BCUT2D eigenvalue weighted by atomic mass is 9.88. The second-order valence-corrected chi connectivity index (χ2v) is 5.07. The van der Waals surface area contributed by atoms with Gasteiger partial charge in [0.25, 0.3) is 0 Å². The highest BCUT2D eigenvalue weighted by atomic mass is 19.4. The molecule has 1 N–H and O–H groups in total. The first-order chi connectivity index (χ1) is 7.69.